The molecule has 2 unspecified atom stereocenters. The number of nitrogens with one attached hydrogen (secondary N) is 1. The molecule has 2 heterocycles. The number of β-lactam (4-membered cyclic amide) rings is 1. The van der Waals surface area contributed by atoms with Gasteiger partial charge in [0, 0.05) is 31.6 Å². The van der Waals surface area contributed by atoms with E-state index in [0.29, 0.717) is 25.8 Å². The first-order chi connectivity index (χ1) is 25.0. The summed E-state index contributed by atoms with van der Waals surface area (Å²) in [6, 6.07) is 21.4. The number of sulfonamides is 1. The molecule has 3 aromatic rings. The topological polar surface area (TPSA) is 138 Å². The van der Waals surface area contributed by atoms with Gasteiger partial charge in [-0.3, -0.25) is 14.4 Å². The Hall–Kier alpha value is -4.61. The van der Waals surface area contributed by atoms with E-state index in [0.717, 1.165) is 40.6 Å². The van der Waals surface area contributed by atoms with Crippen molar-refractivity contribution in [2.45, 2.75) is 83.8 Å². The van der Waals surface area contributed by atoms with E-state index >= 15 is 0 Å². The van der Waals surface area contributed by atoms with E-state index in [1.165, 1.54) is 26.0 Å². The van der Waals surface area contributed by atoms with Crippen LogP contribution in [0.25, 0.3) is 0 Å². The third-order valence-corrected chi connectivity index (χ3v) is 9.19. The third kappa shape index (κ3) is 12.5. The second-order valence-electron chi connectivity index (χ2n) is 13.4. The van der Waals surface area contributed by atoms with Crippen molar-refractivity contribution in [1.82, 2.24) is 4.72 Å². The van der Waals surface area contributed by atoms with Gasteiger partial charge in [-0.05, 0) is 92.1 Å². The van der Waals surface area contributed by atoms with Gasteiger partial charge in [0.15, 0.2) is 5.79 Å². The minimum absolute atomic E-state index is 0.0533. The smallest absolute Gasteiger partial charge is 0.304 e. The summed E-state index contributed by atoms with van der Waals surface area (Å²) in [7, 11) is -3.18. The molecule has 0 spiro atoms. The Labute approximate surface area is 311 Å². The fraction of sp³-hybridized carbons (Fsp3) is 0.425. The third-order valence-electron chi connectivity index (χ3n) is 8.47. The Morgan fingerprint density at radius 2 is 1.60 bits per heavy atom. The fourth-order valence-electron chi connectivity index (χ4n) is 5.72. The largest absolute Gasteiger partial charge is 0.458 e. The van der Waals surface area contributed by atoms with Crippen LogP contribution in [0.2, 0.25) is 0 Å². The molecule has 1 amide bonds. The lowest BCUT2D eigenvalue weighted by molar-refractivity contribution is -0.291. The van der Waals surface area contributed by atoms with E-state index in [1.807, 2.05) is 55.5 Å². The van der Waals surface area contributed by atoms with Gasteiger partial charge in [-0.1, -0.05) is 49.2 Å². The van der Waals surface area contributed by atoms with Crippen LogP contribution in [0.4, 0.5) is 10.1 Å². The maximum Gasteiger partial charge on any atom is 0.304 e. The first kappa shape index (κ1) is 41.2. The maximum atomic E-state index is 12.6. The van der Waals surface area contributed by atoms with E-state index in [2.05, 4.69) is 16.6 Å². The van der Waals surface area contributed by atoms with E-state index in [4.69, 9.17) is 18.9 Å². The zero-order valence-electron chi connectivity index (χ0n) is 30.9. The number of rotatable bonds is 11. The van der Waals surface area contributed by atoms with Gasteiger partial charge in [-0.25, -0.2) is 17.5 Å². The lowest BCUT2D eigenvalue weighted by Crippen LogP contribution is -2.52. The van der Waals surface area contributed by atoms with Crippen LogP contribution in [-0.4, -0.2) is 63.7 Å². The molecule has 5 rings (SSSR count). The standard InChI is InChI=1S/C29H34N2O7S.C11H13FO2/c1-21(32)38-29(19-36-28(2,3)37-20-29)16-15-23-7-11-24(12-8-23)26-18-27(33)31(26)25-13-9-22(10-14-25)6-5-17-30-39(4,34)35;1-3-11(14-8(2)13)9-4-6-10(12)7-5-9/h7-14,26,30H,5-6,17-20H2,1-4H3;4-7,11H,3H2,1-2H3. The van der Waals surface area contributed by atoms with Crippen molar-refractivity contribution in [3.8, 4) is 11.8 Å². The summed E-state index contributed by atoms with van der Waals surface area (Å²) in [5, 5.41) is 0. The Bertz CT molecular complexity index is 1890. The molecular formula is C40H47FN2O9S. The fourth-order valence-corrected chi connectivity index (χ4v) is 6.23. The second kappa shape index (κ2) is 17.9. The van der Waals surface area contributed by atoms with Gasteiger partial charge in [0.25, 0.3) is 0 Å². The van der Waals surface area contributed by atoms with Crippen molar-refractivity contribution in [1.29, 1.82) is 0 Å². The molecule has 0 bridgehead atoms. The van der Waals surface area contributed by atoms with Gasteiger partial charge in [0.05, 0.1) is 18.7 Å². The number of aryl methyl sites for hydroxylation is 1. The Morgan fingerprint density at radius 3 is 2.13 bits per heavy atom. The molecule has 2 aliphatic heterocycles. The van der Waals surface area contributed by atoms with Crippen molar-refractivity contribution >= 4 is 33.6 Å². The van der Waals surface area contributed by atoms with Crippen LogP contribution in [0.3, 0.4) is 0 Å². The van der Waals surface area contributed by atoms with Crippen LogP contribution in [0.15, 0.2) is 72.8 Å². The number of amides is 1. The number of anilines is 1. The molecule has 53 heavy (non-hydrogen) atoms. The molecule has 2 fully saturated rings. The molecule has 11 nitrogen and oxygen atoms in total. The summed E-state index contributed by atoms with van der Waals surface area (Å²) in [4.78, 5) is 36.7. The van der Waals surface area contributed by atoms with Crippen molar-refractivity contribution in [2.24, 2.45) is 0 Å². The van der Waals surface area contributed by atoms with Crippen molar-refractivity contribution in [3.05, 3.63) is 101 Å². The highest BCUT2D eigenvalue weighted by Gasteiger charge is 2.42. The van der Waals surface area contributed by atoms with Crippen LogP contribution >= 0.6 is 0 Å². The number of carbonyl (C=O) groups is 3. The monoisotopic (exact) mass is 750 g/mol. The van der Waals surface area contributed by atoms with Crippen molar-refractivity contribution < 1.29 is 46.1 Å². The summed E-state index contributed by atoms with van der Waals surface area (Å²) < 4.78 is 59.4. The van der Waals surface area contributed by atoms with Crippen LogP contribution in [0, 0.1) is 17.7 Å². The number of hydrogen-bond donors (Lipinski definition) is 1. The predicted molar refractivity (Wildman–Crippen MR) is 197 cm³/mol. The summed E-state index contributed by atoms with van der Waals surface area (Å²) >= 11 is 0. The first-order valence-electron chi connectivity index (χ1n) is 17.4. The molecule has 0 aliphatic carbocycles. The molecule has 3 aromatic carbocycles. The first-order valence-corrected chi connectivity index (χ1v) is 19.3. The highest BCUT2D eigenvalue weighted by molar-refractivity contribution is 7.88. The van der Waals surface area contributed by atoms with E-state index in [1.54, 1.807) is 30.9 Å². The number of esters is 2. The van der Waals surface area contributed by atoms with E-state index in [9.17, 15) is 27.2 Å². The molecular weight excluding hydrogens is 704 g/mol. The minimum atomic E-state index is -3.18. The van der Waals surface area contributed by atoms with Crippen LogP contribution in [0.5, 0.6) is 0 Å². The number of ether oxygens (including phenoxy) is 4. The Balaban J connectivity index is 0.000000376. The minimum Gasteiger partial charge on any atom is -0.458 e. The molecule has 0 saturated carbocycles. The maximum absolute atomic E-state index is 12.6. The molecule has 2 atom stereocenters. The van der Waals surface area contributed by atoms with E-state index in [-0.39, 0.29) is 43.1 Å². The normalized spacial score (nSPS) is 17.9. The summed E-state index contributed by atoms with van der Waals surface area (Å²) in [5.41, 5.74) is 3.28. The molecule has 1 N–H and O–H groups in total. The predicted octanol–water partition coefficient (Wildman–Crippen LogP) is 5.92. The van der Waals surface area contributed by atoms with Gasteiger partial charge in [0.1, 0.15) is 25.1 Å². The summed E-state index contributed by atoms with van der Waals surface area (Å²) in [5.74, 6) is 4.32. The highest BCUT2D eigenvalue weighted by atomic mass is 32.2. The zero-order chi connectivity index (χ0) is 38.8. The molecule has 2 aliphatic rings. The molecule has 13 heteroatoms. The molecule has 2 saturated heterocycles. The average Bonchev–Trinajstić information content (AvgIpc) is 3.09. The SMILES string of the molecule is CC(=O)OC1(C#Cc2ccc(C3CC(=O)N3c3ccc(CCCNS(C)(=O)=O)cc3)cc2)COC(C)(C)OC1.CCC(OC(C)=O)c1ccc(F)cc1. The van der Waals surface area contributed by atoms with Gasteiger partial charge in [-0.2, -0.15) is 0 Å². The van der Waals surface area contributed by atoms with Crippen LogP contribution in [-0.2, 0) is 49.8 Å². The van der Waals surface area contributed by atoms with Gasteiger partial charge in [0.2, 0.25) is 21.5 Å². The van der Waals surface area contributed by atoms with Crippen molar-refractivity contribution in [2.75, 3.05) is 30.9 Å². The molecule has 0 radical (unpaired) electrons. The Kier molecular flexibility index (Phi) is 13.9. The lowest BCUT2D eigenvalue weighted by Gasteiger charge is -2.41. The number of benzene rings is 3. The molecule has 284 valence electrons. The van der Waals surface area contributed by atoms with Crippen LogP contribution < -0.4 is 9.62 Å². The zero-order valence-corrected chi connectivity index (χ0v) is 31.8. The van der Waals surface area contributed by atoms with Gasteiger partial charge < -0.3 is 23.8 Å². The Morgan fingerprint density at radius 1 is 0.981 bits per heavy atom. The number of carbonyl (C=O) groups excluding carboxylic acids is 3. The van der Waals surface area contributed by atoms with Crippen molar-refractivity contribution in [3.63, 3.8) is 0 Å². The lowest BCUT2D eigenvalue weighted by atomic mass is 9.92. The summed E-state index contributed by atoms with van der Waals surface area (Å²) in [6.07, 6.45) is 3.40. The summed E-state index contributed by atoms with van der Waals surface area (Å²) in [6.45, 7) is 8.81. The number of nitrogens with zero attached hydrogens (tertiary/aromatic N) is 1. The van der Waals surface area contributed by atoms with E-state index < -0.39 is 27.4 Å². The van der Waals surface area contributed by atoms with Gasteiger partial charge >= 0.3 is 11.9 Å². The average molecular weight is 751 g/mol. The van der Waals surface area contributed by atoms with Crippen LogP contribution in [0.1, 0.15) is 88.3 Å². The quantitative estimate of drug-likeness (QED) is 0.110. The van der Waals surface area contributed by atoms with Gasteiger partial charge in [-0.15, -0.1) is 0 Å². The molecule has 0 aromatic heterocycles. The second-order valence-corrected chi connectivity index (χ2v) is 15.2. The highest BCUT2D eigenvalue weighted by Crippen LogP contribution is 2.39. The number of hydrogen-bond acceptors (Lipinski definition) is 9. The number of halogens is 1.